The fourth-order valence-electron chi connectivity index (χ4n) is 2.47. The van der Waals surface area contributed by atoms with Crippen molar-refractivity contribution in [1.82, 2.24) is 0 Å². The standard InChI is InChI=1S/C19H18O2/c1-14-7-8-16-10-18(11-17(12-20)19(16)9-14)21-13-15-5-3-2-4-6-15/h2-11,20H,12-13H2,1H3. The summed E-state index contributed by atoms with van der Waals surface area (Å²) in [5.41, 5.74) is 3.22. The van der Waals surface area contributed by atoms with Crippen LogP contribution in [0.2, 0.25) is 0 Å². The summed E-state index contributed by atoms with van der Waals surface area (Å²) in [7, 11) is 0. The van der Waals surface area contributed by atoms with Crippen molar-refractivity contribution in [2.75, 3.05) is 0 Å². The van der Waals surface area contributed by atoms with E-state index in [-0.39, 0.29) is 6.61 Å². The summed E-state index contributed by atoms with van der Waals surface area (Å²) >= 11 is 0. The molecule has 1 N–H and O–H groups in total. The molecular weight excluding hydrogens is 260 g/mol. The van der Waals surface area contributed by atoms with E-state index in [9.17, 15) is 5.11 Å². The van der Waals surface area contributed by atoms with E-state index in [4.69, 9.17) is 4.74 Å². The molecule has 2 heteroatoms. The number of aryl methyl sites for hydroxylation is 1. The molecular formula is C19H18O2. The largest absolute Gasteiger partial charge is 0.489 e. The van der Waals surface area contributed by atoms with Crippen molar-refractivity contribution in [3.05, 3.63) is 77.4 Å². The Kier molecular flexibility index (Phi) is 3.89. The SMILES string of the molecule is Cc1ccc2cc(OCc3ccccc3)cc(CO)c2c1. The second-order valence-corrected chi connectivity index (χ2v) is 5.24. The molecule has 21 heavy (non-hydrogen) atoms. The van der Waals surface area contributed by atoms with Gasteiger partial charge in [-0.25, -0.2) is 0 Å². The average molecular weight is 278 g/mol. The Morgan fingerprint density at radius 2 is 1.76 bits per heavy atom. The van der Waals surface area contributed by atoms with Gasteiger partial charge in [-0.05, 0) is 41.0 Å². The molecule has 0 atom stereocenters. The van der Waals surface area contributed by atoms with Gasteiger partial charge in [0.15, 0.2) is 0 Å². The van der Waals surface area contributed by atoms with E-state index in [1.54, 1.807) is 0 Å². The van der Waals surface area contributed by atoms with E-state index in [0.29, 0.717) is 6.61 Å². The highest BCUT2D eigenvalue weighted by molar-refractivity contribution is 5.87. The van der Waals surface area contributed by atoms with E-state index >= 15 is 0 Å². The molecule has 0 aliphatic rings. The van der Waals surface area contributed by atoms with Crippen molar-refractivity contribution < 1.29 is 9.84 Å². The highest BCUT2D eigenvalue weighted by Gasteiger charge is 2.05. The predicted molar refractivity (Wildman–Crippen MR) is 85.4 cm³/mol. The second kappa shape index (κ2) is 5.98. The number of hydrogen-bond donors (Lipinski definition) is 1. The van der Waals surface area contributed by atoms with Crippen LogP contribution in [0.4, 0.5) is 0 Å². The highest BCUT2D eigenvalue weighted by Crippen LogP contribution is 2.27. The van der Waals surface area contributed by atoms with E-state index in [1.165, 1.54) is 5.56 Å². The molecule has 0 bridgehead atoms. The molecule has 2 nitrogen and oxygen atoms in total. The Balaban J connectivity index is 1.91. The summed E-state index contributed by atoms with van der Waals surface area (Å²) in [5, 5.41) is 11.8. The van der Waals surface area contributed by atoms with Crippen LogP contribution in [-0.2, 0) is 13.2 Å². The Morgan fingerprint density at radius 3 is 2.52 bits per heavy atom. The summed E-state index contributed by atoms with van der Waals surface area (Å²) in [6.07, 6.45) is 0. The third-order valence-electron chi connectivity index (χ3n) is 3.59. The van der Waals surface area contributed by atoms with Crippen molar-refractivity contribution in [2.45, 2.75) is 20.1 Å². The maximum atomic E-state index is 9.58. The molecule has 0 radical (unpaired) electrons. The van der Waals surface area contributed by atoms with Gasteiger partial charge in [0.05, 0.1) is 6.61 Å². The summed E-state index contributed by atoms with van der Waals surface area (Å²) in [6, 6.07) is 20.3. The van der Waals surface area contributed by atoms with Crippen molar-refractivity contribution in [2.24, 2.45) is 0 Å². The van der Waals surface area contributed by atoms with Crippen LogP contribution in [0, 0.1) is 6.92 Å². The van der Waals surface area contributed by atoms with Gasteiger partial charge in [-0.1, -0.05) is 54.1 Å². The molecule has 0 unspecified atom stereocenters. The molecule has 0 aliphatic carbocycles. The number of fused-ring (bicyclic) bond motifs is 1. The predicted octanol–water partition coefficient (Wildman–Crippen LogP) is 4.22. The fourth-order valence-corrected chi connectivity index (χ4v) is 2.47. The first kappa shape index (κ1) is 13.7. The van der Waals surface area contributed by atoms with Gasteiger partial charge in [-0.15, -0.1) is 0 Å². The van der Waals surface area contributed by atoms with Gasteiger partial charge in [0.25, 0.3) is 0 Å². The number of ether oxygens (including phenoxy) is 1. The lowest BCUT2D eigenvalue weighted by Gasteiger charge is -2.11. The molecule has 3 rings (SSSR count). The van der Waals surface area contributed by atoms with Crippen molar-refractivity contribution in [3.63, 3.8) is 0 Å². The second-order valence-electron chi connectivity index (χ2n) is 5.24. The maximum absolute atomic E-state index is 9.58. The maximum Gasteiger partial charge on any atom is 0.120 e. The first-order chi connectivity index (χ1) is 10.3. The van der Waals surface area contributed by atoms with E-state index < -0.39 is 0 Å². The molecule has 0 amide bonds. The van der Waals surface area contributed by atoms with Crippen LogP contribution in [0.25, 0.3) is 10.8 Å². The van der Waals surface area contributed by atoms with Crippen LogP contribution in [0.15, 0.2) is 60.7 Å². The molecule has 0 fully saturated rings. The monoisotopic (exact) mass is 278 g/mol. The molecule has 0 saturated carbocycles. The lowest BCUT2D eigenvalue weighted by molar-refractivity contribution is 0.279. The number of aliphatic hydroxyl groups excluding tert-OH is 1. The highest BCUT2D eigenvalue weighted by atomic mass is 16.5. The Labute approximate surface area is 124 Å². The zero-order valence-corrected chi connectivity index (χ0v) is 12.0. The molecule has 3 aromatic carbocycles. The van der Waals surface area contributed by atoms with Gasteiger partial charge >= 0.3 is 0 Å². The average Bonchev–Trinajstić information content (AvgIpc) is 2.53. The van der Waals surface area contributed by atoms with Crippen LogP contribution in [0.1, 0.15) is 16.7 Å². The Hall–Kier alpha value is -2.32. The van der Waals surface area contributed by atoms with Gasteiger partial charge in [-0.3, -0.25) is 0 Å². The zero-order chi connectivity index (χ0) is 14.7. The number of benzene rings is 3. The van der Waals surface area contributed by atoms with Crippen molar-refractivity contribution in [3.8, 4) is 5.75 Å². The smallest absolute Gasteiger partial charge is 0.120 e. The summed E-state index contributed by atoms with van der Waals surface area (Å²) in [6.45, 7) is 2.60. The fraction of sp³-hybridized carbons (Fsp3) is 0.158. The van der Waals surface area contributed by atoms with Crippen LogP contribution in [0.3, 0.4) is 0 Å². The van der Waals surface area contributed by atoms with E-state index in [0.717, 1.165) is 27.6 Å². The van der Waals surface area contributed by atoms with E-state index in [1.807, 2.05) is 42.5 Å². The van der Waals surface area contributed by atoms with E-state index in [2.05, 4.69) is 25.1 Å². The first-order valence-electron chi connectivity index (χ1n) is 7.07. The molecule has 106 valence electrons. The van der Waals surface area contributed by atoms with Gasteiger partial charge in [0, 0.05) is 0 Å². The molecule has 0 heterocycles. The van der Waals surface area contributed by atoms with Crippen LogP contribution in [0.5, 0.6) is 5.75 Å². The Morgan fingerprint density at radius 1 is 0.952 bits per heavy atom. The summed E-state index contributed by atoms with van der Waals surface area (Å²) in [5.74, 6) is 0.791. The minimum Gasteiger partial charge on any atom is -0.489 e. The molecule has 0 spiro atoms. The molecule has 3 aromatic rings. The Bertz CT molecular complexity index is 748. The van der Waals surface area contributed by atoms with Crippen molar-refractivity contribution >= 4 is 10.8 Å². The van der Waals surface area contributed by atoms with Crippen LogP contribution in [-0.4, -0.2) is 5.11 Å². The quantitative estimate of drug-likeness (QED) is 0.774. The number of rotatable bonds is 4. The zero-order valence-electron chi connectivity index (χ0n) is 12.0. The lowest BCUT2D eigenvalue weighted by atomic mass is 10.0. The number of aliphatic hydroxyl groups is 1. The molecule has 0 aliphatic heterocycles. The molecule has 0 aromatic heterocycles. The molecule has 0 saturated heterocycles. The van der Waals surface area contributed by atoms with Crippen LogP contribution < -0.4 is 4.74 Å². The van der Waals surface area contributed by atoms with Gasteiger partial charge in [0.1, 0.15) is 12.4 Å². The summed E-state index contributed by atoms with van der Waals surface area (Å²) in [4.78, 5) is 0. The minimum atomic E-state index is 0.0164. The lowest BCUT2D eigenvalue weighted by Crippen LogP contribution is -1.97. The van der Waals surface area contributed by atoms with Gasteiger partial charge < -0.3 is 9.84 Å². The van der Waals surface area contributed by atoms with Gasteiger partial charge in [0.2, 0.25) is 0 Å². The van der Waals surface area contributed by atoms with Crippen molar-refractivity contribution in [1.29, 1.82) is 0 Å². The van der Waals surface area contributed by atoms with Gasteiger partial charge in [-0.2, -0.15) is 0 Å². The first-order valence-corrected chi connectivity index (χ1v) is 7.07. The summed E-state index contributed by atoms with van der Waals surface area (Å²) < 4.78 is 5.86. The van der Waals surface area contributed by atoms with Crippen LogP contribution >= 0.6 is 0 Å². The minimum absolute atomic E-state index is 0.0164. The normalized spacial score (nSPS) is 10.8. The third kappa shape index (κ3) is 3.06. The topological polar surface area (TPSA) is 29.5 Å². The third-order valence-corrected chi connectivity index (χ3v) is 3.59. The number of hydrogen-bond acceptors (Lipinski definition) is 2.